The molecule has 0 aromatic heterocycles. The molecule has 2 fully saturated rings. The predicted molar refractivity (Wildman–Crippen MR) is 110 cm³/mol. The van der Waals surface area contributed by atoms with Crippen molar-refractivity contribution >= 4 is 29.1 Å². The topological polar surface area (TPSA) is 54.0 Å². The number of hydrogen-bond donors (Lipinski definition) is 1. The highest BCUT2D eigenvalue weighted by molar-refractivity contribution is 7.80. The SMILES string of the molecule is CCC(C)C1COC(=O)N1C1CCN(C(=S)Nc2ccc(OC(F)(F)F)cc2)CC1. The largest absolute Gasteiger partial charge is 0.573 e. The van der Waals surface area contributed by atoms with Crippen molar-refractivity contribution in [3.8, 4) is 5.75 Å². The maximum absolute atomic E-state index is 12.3. The van der Waals surface area contributed by atoms with Gasteiger partial charge in [0.05, 0.1) is 6.04 Å². The molecule has 0 spiro atoms. The highest BCUT2D eigenvalue weighted by atomic mass is 32.1. The Hall–Kier alpha value is -2.23. The number of carbonyl (C=O) groups excluding carboxylic acids is 1. The second kappa shape index (κ2) is 9.28. The molecule has 10 heteroatoms. The van der Waals surface area contributed by atoms with Crippen LogP contribution in [0.4, 0.5) is 23.7 Å². The summed E-state index contributed by atoms with van der Waals surface area (Å²) in [5.74, 6) is 0.0923. The van der Waals surface area contributed by atoms with Crippen molar-refractivity contribution in [3.63, 3.8) is 0 Å². The lowest BCUT2D eigenvalue weighted by molar-refractivity contribution is -0.274. The number of anilines is 1. The molecule has 0 saturated carbocycles. The van der Waals surface area contributed by atoms with Crippen molar-refractivity contribution in [1.29, 1.82) is 0 Å². The Morgan fingerprint density at radius 3 is 2.50 bits per heavy atom. The second-order valence-corrected chi connectivity index (χ2v) is 8.04. The van der Waals surface area contributed by atoms with Crippen LogP contribution in [0.15, 0.2) is 24.3 Å². The van der Waals surface area contributed by atoms with E-state index in [4.69, 9.17) is 17.0 Å². The normalized spacial score (nSPS) is 21.4. The first-order chi connectivity index (χ1) is 14.2. The van der Waals surface area contributed by atoms with Crippen LogP contribution in [-0.2, 0) is 4.74 Å². The molecule has 2 unspecified atom stereocenters. The fraction of sp³-hybridized carbons (Fsp3) is 0.600. The maximum Gasteiger partial charge on any atom is 0.573 e. The van der Waals surface area contributed by atoms with E-state index in [0.717, 1.165) is 19.3 Å². The number of benzene rings is 1. The number of carbonyl (C=O) groups is 1. The molecule has 2 atom stereocenters. The van der Waals surface area contributed by atoms with E-state index in [9.17, 15) is 18.0 Å². The van der Waals surface area contributed by atoms with E-state index in [0.29, 0.717) is 36.4 Å². The molecular formula is C20H26F3N3O3S. The summed E-state index contributed by atoms with van der Waals surface area (Å²) < 4.78 is 45.9. The van der Waals surface area contributed by atoms with Crippen molar-refractivity contribution in [2.45, 2.75) is 51.6 Å². The number of rotatable bonds is 5. The predicted octanol–water partition coefficient (Wildman–Crippen LogP) is 4.61. The molecular weight excluding hydrogens is 419 g/mol. The third-order valence-corrected chi connectivity index (χ3v) is 6.09. The number of likely N-dealkylation sites (tertiary alicyclic amines) is 1. The Bertz CT molecular complexity index is 752. The van der Waals surface area contributed by atoms with Crippen molar-refractivity contribution in [3.05, 3.63) is 24.3 Å². The lowest BCUT2D eigenvalue weighted by atomic mass is 9.95. The van der Waals surface area contributed by atoms with E-state index < -0.39 is 6.36 Å². The Morgan fingerprint density at radius 1 is 1.30 bits per heavy atom. The van der Waals surface area contributed by atoms with Crippen LogP contribution < -0.4 is 10.1 Å². The lowest BCUT2D eigenvalue weighted by Crippen LogP contribution is -2.51. The number of ether oxygens (including phenoxy) is 2. The van der Waals surface area contributed by atoms with Gasteiger partial charge in [-0.3, -0.25) is 4.90 Å². The summed E-state index contributed by atoms with van der Waals surface area (Å²) in [5.41, 5.74) is 0.580. The minimum absolute atomic E-state index is 0.113. The third kappa shape index (κ3) is 5.47. The number of nitrogens with zero attached hydrogens (tertiary/aromatic N) is 2. The van der Waals surface area contributed by atoms with Crippen LogP contribution in [0.3, 0.4) is 0 Å². The van der Waals surface area contributed by atoms with Crippen molar-refractivity contribution in [2.24, 2.45) is 5.92 Å². The maximum atomic E-state index is 12.3. The summed E-state index contributed by atoms with van der Waals surface area (Å²) in [7, 11) is 0. The van der Waals surface area contributed by atoms with E-state index in [-0.39, 0.29) is 23.9 Å². The van der Waals surface area contributed by atoms with Crippen LogP contribution in [0.1, 0.15) is 33.1 Å². The van der Waals surface area contributed by atoms with Gasteiger partial charge in [0.15, 0.2) is 5.11 Å². The Labute approximate surface area is 179 Å². The number of nitrogens with one attached hydrogen (secondary N) is 1. The van der Waals surface area contributed by atoms with Crippen LogP contribution in [0, 0.1) is 5.92 Å². The molecule has 0 aliphatic carbocycles. The lowest BCUT2D eigenvalue weighted by Gasteiger charge is -2.40. The summed E-state index contributed by atoms with van der Waals surface area (Å²) in [6.07, 6.45) is -2.41. The zero-order valence-electron chi connectivity index (χ0n) is 16.9. The van der Waals surface area contributed by atoms with Crippen molar-refractivity contribution in [1.82, 2.24) is 9.80 Å². The molecule has 0 bridgehead atoms. The van der Waals surface area contributed by atoms with Gasteiger partial charge in [0, 0.05) is 24.8 Å². The zero-order valence-corrected chi connectivity index (χ0v) is 17.8. The summed E-state index contributed by atoms with van der Waals surface area (Å²) in [4.78, 5) is 16.2. The van der Waals surface area contributed by atoms with E-state index in [1.807, 2.05) is 9.80 Å². The summed E-state index contributed by atoms with van der Waals surface area (Å²) in [6, 6.07) is 5.67. The number of amides is 1. The first kappa shape index (κ1) is 22.5. The molecule has 166 valence electrons. The fourth-order valence-electron chi connectivity index (χ4n) is 3.87. The molecule has 2 aliphatic heterocycles. The van der Waals surface area contributed by atoms with Crippen LogP contribution in [-0.4, -0.2) is 59.1 Å². The number of alkyl halides is 3. The van der Waals surface area contributed by atoms with Crippen LogP contribution in [0.25, 0.3) is 0 Å². The monoisotopic (exact) mass is 445 g/mol. The van der Waals surface area contributed by atoms with Gasteiger partial charge in [-0.25, -0.2) is 4.79 Å². The molecule has 1 amide bonds. The first-order valence-electron chi connectivity index (χ1n) is 10.0. The van der Waals surface area contributed by atoms with Gasteiger partial charge >= 0.3 is 12.5 Å². The number of thiocarbonyl (C=S) groups is 1. The van der Waals surface area contributed by atoms with Crippen molar-refractivity contribution in [2.75, 3.05) is 25.0 Å². The smallest absolute Gasteiger partial charge is 0.447 e. The number of cyclic esters (lactones) is 1. The van der Waals surface area contributed by atoms with Gasteiger partial charge in [0.2, 0.25) is 0 Å². The Kier molecular flexibility index (Phi) is 6.95. The van der Waals surface area contributed by atoms with Gasteiger partial charge in [0.25, 0.3) is 0 Å². The molecule has 6 nitrogen and oxygen atoms in total. The average Bonchev–Trinajstić information content (AvgIpc) is 3.09. The average molecular weight is 446 g/mol. The molecule has 1 N–H and O–H groups in total. The second-order valence-electron chi connectivity index (χ2n) is 7.66. The fourth-order valence-corrected chi connectivity index (χ4v) is 4.17. The molecule has 1 aromatic carbocycles. The van der Waals surface area contributed by atoms with Gasteiger partial charge in [-0.15, -0.1) is 13.2 Å². The van der Waals surface area contributed by atoms with E-state index in [1.165, 1.54) is 24.3 Å². The summed E-state index contributed by atoms with van der Waals surface area (Å²) >= 11 is 5.45. The number of halogens is 3. The van der Waals surface area contributed by atoms with Crippen LogP contribution in [0.5, 0.6) is 5.75 Å². The minimum atomic E-state index is -4.72. The first-order valence-corrected chi connectivity index (χ1v) is 10.5. The molecule has 2 aliphatic rings. The summed E-state index contributed by atoms with van der Waals surface area (Å²) in [6.45, 7) is 6.06. The molecule has 2 saturated heterocycles. The van der Waals surface area contributed by atoms with Gasteiger partial charge in [-0.05, 0) is 55.2 Å². The Balaban J connectivity index is 1.52. The third-order valence-electron chi connectivity index (χ3n) is 5.73. The van der Waals surface area contributed by atoms with Gasteiger partial charge < -0.3 is 19.7 Å². The van der Waals surface area contributed by atoms with Gasteiger partial charge in [-0.2, -0.15) is 0 Å². The molecule has 30 heavy (non-hydrogen) atoms. The van der Waals surface area contributed by atoms with Crippen molar-refractivity contribution < 1.29 is 27.4 Å². The van der Waals surface area contributed by atoms with Crippen LogP contribution in [0.2, 0.25) is 0 Å². The number of hydrogen-bond acceptors (Lipinski definition) is 4. The standard InChI is InChI=1S/C20H26F3N3O3S/c1-3-13(2)17-12-28-19(27)26(17)15-8-10-25(11-9-15)18(30)24-14-4-6-16(7-5-14)29-20(21,22)23/h4-7,13,15,17H,3,8-12H2,1-2H3,(H,24,30). The number of piperidine rings is 1. The highest BCUT2D eigenvalue weighted by Gasteiger charge is 2.41. The minimum Gasteiger partial charge on any atom is -0.447 e. The van der Waals surface area contributed by atoms with Crippen LogP contribution >= 0.6 is 12.2 Å². The molecule has 1 aromatic rings. The highest BCUT2D eigenvalue weighted by Crippen LogP contribution is 2.29. The molecule has 2 heterocycles. The van der Waals surface area contributed by atoms with E-state index in [2.05, 4.69) is 23.9 Å². The van der Waals surface area contributed by atoms with E-state index in [1.54, 1.807) is 0 Å². The Morgan fingerprint density at radius 2 is 1.93 bits per heavy atom. The zero-order chi connectivity index (χ0) is 21.9. The molecule has 0 radical (unpaired) electrons. The van der Waals surface area contributed by atoms with Gasteiger partial charge in [0.1, 0.15) is 12.4 Å². The quantitative estimate of drug-likeness (QED) is 0.668. The van der Waals surface area contributed by atoms with Gasteiger partial charge in [-0.1, -0.05) is 20.3 Å². The summed E-state index contributed by atoms with van der Waals surface area (Å²) in [5, 5.41) is 3.55. The van der Waals surface area contributed by atoms with E-state index >= 15 is 0 Å². The molecule has 3 rings (SSSR count).